The monoisotopic (exact) mass is 486 g/mol. The molecule has 34 heavy (non-hydrogen) atoms. The highest BCUT2D eigenvalue weighted by Gasteiger charge is 2.18. The largest absolute Gasteiger partial charge is 0.441 e. The number of nitrogens with zero attached hydrogens (tertiary/aromatic N) is 3. The topological polar surface area (TPSA) is 92.1 Å². The Morgan fingerprint density at radius 3 is 2.79 bits per heavy atom. The van der Waals surface area contributed by atoms with E-state index in [2.05, 4.69) is 15.0 Å². The standard InChI is InChI=1S/C24H21ClF2N4O3/c1-2-9-31(13-21-29-19-10-14(25)3-5-17(19)24(33)30-21)23(32)8-7-22-28-12-20(34-22)16-6-4-15(26)11-18(16)27/h3-6,10-12H,2,7-9,13H2,1H3,(H,29,30,33). The van der Waals surface area contributed by atoms with Crippen LogP contribution in [0.5, 0.6) is 0 Å². The summed E-state index contributed by atoms with van der Waals surface area (Å²) in [7, 11) is 0. The highest BCUT2D eigenvalue weighted by Crippen LogP contribution is 2.24. The SMILES string of the molecule is CCCN(Cc1nc2cc(Cl)ccc2c(=O)[nH]1)C(=O)CCc1ncc(-c2ccc(F)cc2F)o1. The number of amides is 1. The molecule has 0 unspecified atom stereocenters. The molecule has 1 amide bonds. The van der Waals surface area contributed by atoms with Crippen LogP contribution in [0.15, 0.2) is 51.8 Å². The van der Waals surface area contributed by atoms with Crippen molar-refractivity contribution in [3.8, 4) is 11.3 Å². The molecular formula is C24H21ClF2N4O3. The average Bonchev–Trinajstić information content (AvgIpc) is 3.25. The number of benzene rings is 2. The summed E-state index contributed by atoms with van der Waals surface area (Å²) in [6.45, 7) is 2.53. The number of aromatic nitrogens is 3. The molecule has 4 rings (SSSR count). The van der Waals surface area contributed by atoms with Crippen molar-refractivity contribution in [3.05, 3.63) is 81.3 Å². The van der Waals surface area contributed by atoms with Gasteiger partial charge in [-0.25, -0.2) is 18.7 Å². The highest BCUT2D eigenvalue weighted by molar-refractivity contribution is 6.31. The number of aromatic amines is 1. The van der Waals surface area contributed by atoms with Crippen molar-refractivity contribution >= 4 is 28.4 Å². The van der Waals surface area contributed by atoms with E-state index in [1.54, 1.807) is 23.1 Å². The van der Waals surface area contributed by atoms with Gasteiger partial charge < -0.3 is 14.3 Å². The molecule has 0 radical (unpaired) electrons. The fourth-order valence-corrected chi connectivity index (χ4v) is 3.76. The molecule has 0 aliphatic carbocycles. The van der Waals surface area contributed by atoms with Crippen LogP contribution in [0.1, 0.15) is 31.5 Å². The van der Waals surface area contributed by atoms with E-state index >= 15 is 0 Å². The molecule has 1 N–H and O–H groups in total. The molecule has 2 heterocycles. The molecule has 0 spiro atoms. The van der Waals surface area contributed by atoms with Gasteiger partial charge in [0.15, 0.2) is 11.7 Å². The molecule has 4 aromatic rings. The van der Waals surface area contributed by atoms with Crippen LogP contribution in [0, 0.1) is 11.6 Å². The lowest BCUT2D eigenvalue weighted by molar-refractivity contribution is -0.132. The first kappa shape index (κ1) is 23.6. The number of carbonyl (C=O) groups is 1. The van der Waals surface area contributed by atoms with Crippen molar-refractivity contribution in [1.29, 1.82) is 0 Å². The first-order valence-electron chi connectivity index (χ1n) is 10.7. The molecule has 0 bridgehead atoms. The number of oxazole rings is 1. The molecule has 0 aliphatic rings. The predicted octanol–water partition coefficient (Wildman–Crippen LogP) is 4.88. The van der Waals surface area contributed by atoms with E-state index in [0.29, 0.717) is 34.7 Å². The lowest BCUT2D eigenvalue weighted by Crippen LogP contribution is -2.33. The Morgan fingerprint density at radius 2 is 2.03 bits per heavy atom. The van der Waals surface area contributed by atoms with Gasteiger partial charge in [0, 0.05) is 30.5 Å². The van der Waals surface area contributed by atoms with E-state index < -0.39 is 11.6 Å². The van der Waals surface area contributed by atoms with Gasteiger partial charge in [0.25, 0.3) is 5.56 Å². The average molecular weight is 487 g/mol. The van der Waals surface area contributed by atoms with Crippen molar-refractivity contribution in [3.63, 3.8) is 0 Å². The molecule has 7 nitrogen and oxygen atoms in total. The Bertz CT molecular complexity index is 1400. The minimum atomic E-state index is -0.758. The second kappa shape index (κ2) is 10.1. The highest BCUT2D eigenvalue weighted by atomic mass is 35.5. The summed E-state index contributed by atoms with van der Waals surface area (Å²) < 4.78 is 32.7. The predicted molar refractivity (Wildman–Crippen MR) is 123 cm³/mol. The van der Waals surface area contributed by atoms with Crippen LogP contribution in [-0.4, -0.2) is 32.3 Å². The normalized spacial score (nSPS) is 11.2. The van der Waals surface area contributed by atoms with Crippen molar-refractivity contribution in [2.24, 2.45) is 0 Å². The maximum Gasteiger partial charge on any atom is 0.258 e. The Balaban J connectivity index is 1.45. The third-order valence-corrected chi connectivity index (χ3v) is 5.44. The number of H-pyrrole nitrogens is 1. The lowest BCUT2D eigenvalue weighted by atomic mass is 10.2. The van der Waals surface area contributed by atoms with Crippen molar-refractivity contribution in [2.45, 2.75) is 32.7 Å². The molecule has 0 saturated heterocycles. The number of nitrogens with one attached hydrogen (secondary N) is 1. The van der Waals surface area contributed by atoms with Gasteiger partial charge in [0.1, 0.15) is 17.5 Å². The molecule has 10 heteroatoms. The van der Waals surface area contributed by atoms with Crippen LogP contribution >= 0.6 is 11.6 Å². The third kappa shape index (κ3) is 5.31. The zero-order valence-electron chi connectivity index (χ0n) is 18.3. The molecule has 176 valence electrons. The minimum absolute atomic E-state index is 0.0884. The lowest BCUT2D eigenvalue weighted by Gasteiger charge is -2.21. The van der Waals surface area contributed by atoms with E-state index in [1.165, 1.54) is 12.3 Å². The van der Waals surface area contributed by atoms with Crippen LogP contribution in [0.3, 0.4) is 0 Å². The van der Waals surface area contributed by atoms with Crippen LogP contribution < -0.4 is 5.56 Å². The Hall–Kier alpha value is -3.59. The third-order valence-electron chi connectivity index (χ3n) is 5.21. The second-order valence-electron chi connectivity index (χ2n) is 7.73. The summed E-state index contributed by atoms with van der Waals surface area (Å²) in [4.78, 5) is 38.1. The summed E-state index contributed by atoms with van der Waals surface area (Å²) in [6.07, 6.45) is 2.34. The van der Waals surface area contributed by atoms with Gasteiger partial charge in [-0.2, -0.15) is 0 Å². The fraction of sp³-hybridized carbons (Fsp3) is 0.250. The van der Waals surface area contributed by atoms with Gasteiger partial charge in [-0.15, -0.1) is 0 Å². The number of carbonyl (C=O) groups excluding carboxylic acids is 1. The maximum absolute atomic E-state index is 14.0. The van der Waals surface area contributed by atoms with Crippen molar-refractivity contribution in [2.75, 3.05) is 6.54 Å². The summed E-state index contributed by atoms with van der Waals surface area (Å²) in [6, 6.07) is 7.99. The zero-order valence-corrected chi connectivity index (χ0v) is 19.0. The van der Waals surface area contributed by atoms with Gasteiger partial charge in [0.05, 0.1) is 29.2 Å². The van der Waals surface area contributed by atoms with Gasteiger partial charge in [0.2, 0.25) is 5.91 Å². The zero-order chi connectivity index (χ0) is 24.2. The number of aryl methyl sites for hydroxylation is 1. The van der Waals surface area contributed by atoms with E-state index in [1.807, 2.05) is 6.92 Å². The number of rotatable bonds is 8. The van der Waals surface area contributed by atoms with E-state index in [4.69, 9.17) is 16.0 Å². The molecule has 0 saturated carbocycles. The van der Waals surface area contributed by atoms with Gasteiger partial charge in [-0.05, 0) is 36.8 Å². The number of halogens is 3. The maximum atomic E-state index is 14.0. The smallest absolute Gasteiger partial charge is 0.258 e. The Kier molecular flexibility index (Phi) is 7.02. The van der Waals surface area contributed by atoms with E-state index in [9.17, 15) is 18.4 Å². The van der Waals surface area contributed by atoms with Gasteiger partial charge in [-0.1, -0.05) is 18.5 Å². The van der Waals surface area contributed by atoms with Gasteiger partial charge >= 0.3 is 0 Å². The number of hydrogen-bond acceptors (Lipinski definition) is 5. The summed E-state index contributed by atoms with van der Waals surface area (Å²) in [5, 5.41) is 0.877. The summed E-state index contributed by atoms with van der Waals surface area (Å²) in [5.74, 6) is -0.855. The molecule has 0 atom stereocenters. The molecule has 0 fully saturated rings. The molecule has 2 aromatic carbocycles. The quantitative estimate of drug-likeness (QED) is 0.383. The summed E-state index contributed by atoms with van der Waals surface area (Å²) >= 11 is 6.02. The Morgan fingerprint density at radius 1 is 1.21 bits per heavy atom. The summed E-state index contributed by atoms with van der Waals surface area (Å²) in [5.41, 5.74) is 0.238. The van der Waals surface area contributed by atoms with Crippen molar-refractivity contribution in [1.82, 2.24) is 19.9 Å². The molecule has 2 aromatic heterocycles. The van der Waals surface area contributed by atoms with Crippen LogP contribution in [0.4, 0.5) is 8.78 Å². The Labute approximate surface area is 198 Å². The van der Waals surface area contributed by atoms with Crippen LogP contribution in [0.2, 0.25) is 5.02 Å². The molecular weight excluding hydrogens is 466 g/mol. The minimum Gasteiger partial charge on any atom is -0.441 e. The van der Waals surface area contributed by atoms with Gasteiger partial charge in [-0.3, -0.25) is 9.59 Å². The first-order chi connectivity index (χ1) is 16.3. The van der Waals surface area contributed by atoms with E-state index in [-0.39, 0.29) is 48.1 Å². The number of hydrogen-bond donors (Lipinski definition) is 1. The second-order valence-corrected chi connectivity index (χ2v) is 8.17. The molecule has 0 aliphatic heterocycles. The van der Waals surface area contributed by atoms with E-state index in [0.717, 1.165) is 12.1 Å². The van der Waals surface area contributed by atoms with Crippen molar-refractivity contribution < 1.29 is 18.0 Å². The van der Waals surface area contributed by atoms with Crippen LogP contribution in [0.25, 0.3) is 22.2 Å². The fourth-order valence-electron chi connectivity index (χ4n) is 3.59. The number of fused-ring (bicyclic) bond motifs is 1. The first-order valence-corrected chi connectivity index (χ1v) is 11.1. The van der Waals surface area contributed by atoms with Crippen LogP contribution in [-0.2, 0) is 17.8 Å².